The highest BCUT2D eigenvalue weighted by Crippen LogP contribution is 2.34. The number of benzene rings is 2. The van der Waals surface area contributed by atoms with Crippen molar-refractivity contribution in [2.24, 2.45) is 5.73 Å². The minimum absolute atomic E-state index is 0.377. The van der Waals surface area contributed by atoms with Crippen LogP contribution in [0.25, 0.3) is 22.3 Å². The van der Waals surface area contributed by atoms with E-state index in [0.717, 1.165) is 16.5 Å². The van der Waals surface area contributed by atoms with Crippen molar-refractivity contribution < 1.29 is 9.53 Å². The number of carbonyl (C=O) groups excluding carboxylic acids is 1. The average Bonchev–Trinajstić information content (AvgIpc) is 2.74. The van der Waals surface area contributed by atoms with Gasteiger partial charge in [-0.05, 0) is 48.9 Å². The first-order valence-electron chi connectivity index (χ1n) is 8.99. The maximum Gasteiger partial charge on any atom is 0.250 e. The summed E-state index contributed by atoms with van der Waals surface area (Å²) in [4.78, 5) is 25.4. The van der Waals surface area contributed by atoms with Gasteiger partial charge < -0.3 is 15.8 Å². The van der Waals surface area contributed by atoms with Gasteiger partial charge in [-0.15, -0.1) is 0 Å². The van der Waals surface area contributed by atoms with Crippen LogP contribution in [0, 0.1) is 6.92 Å². The first-order valence-corrected chi connectivity index (χ1v) is 8.99. The number of rotatable bonds is 5. The highest BCUT2D eigenvalue weighted by Gasteiger charge is 2.16. The molecule has 0 aliphatic carbocycles. The van der Waals surface area contributed by atoms with E-state index in [1.54, 1.807) is 37.7 Å². The molecule has 3 N–H and O–H groups in total. The van der Waals surface area contributed by atoms with Crippen molar-refractivity contribution in [1.82, 2.24) is 15.0 Å². The molecule has 0 saturated carbocycles. The molecule has 2 aromatic carbocycles. The lowest BCUT2D eigenvalue weighted by atomic mass is 10.1. The van der Waals surface area contributed by atoms with E-state index in [1.807, 2.05) is 37.3 Å². The molecule has 0 saturated heterocycles. The molecule has 7 heteroatoms. The topological polar surface area (TPSA) is 103 Å². The van der Waals surface area contributed by atoms with Gasteiger partial charge in [0, 0.05) is 23.3 Å². The minimum atomic E-state index is -0.521. The maximum atomic E-state index is 11.8. The minimum Gasteiger partial charge on any atom is -0.494 e. The molecule has 7 nitrogen and oxygen atoms in total. The fourth-order valence-corrected chi connectivity index (χ4v) is 3.15. The quantitative estimate of drug-likeness (QED) is 0.541. The lowest BCUT2D eigenvalue weighted by molar-refractivity contribution is 0.100. The molecule has 0 atom stereocenters. The number of nitrogens with zero attached hydrogens (tertiary/aromatic N) is 3. The van der Waals surface area contributed by atoms with Gasteiger partial charge in [0.05, 0.1) is 18.4 Å². The number of anilines is 2. The molecule has 4 aromatic rings. The Hall–Kier alpha value is -4.00. The molecule has 0 bridgehead atoms. The van der Waals surface area contributed by atoms with Crippen molar-refractivity contribution in [2.75, 3.05) is 12.4 Å². The Bertz CT molecular complexity index is 1210. The highest BCUT2D eigenvalue weighted by atomic mass is 16.5. The highest BCUT2D eigenvalue weighted by molar-refractivity contribution is 6.01. The zero-order valence-corrected chi connectivity index (χ0v) is 16.0. The van der Waals surface area contributed by atoms with Crippen LogP contribution in [0.15, 0.2) is 60.9 Å². The van der Waals surface area contributed by atoms with Crippen LogP contribution < -0.4 is 15.8 Å². The van der Waals surface area contributed by atoms with Crippen molar-refractivity contribution in [2.45, 2.75) is 6.92 Å². The third-order valence-electron chi connectivity index (χ3n) is 4.50. The number of para-hydroxylation sites is 1. The molecule has 2 aromatic heterocycles. The largest absolute Gasteiger partial charge is 0.494 e. The normalized spacial score (nSPS) is 10.7. The Morgan fingerprint density at radius 3 is 2.66 bits per heavy atom. The number of ether oxygens (including phenoxy) is 1. The monoisotopic (exact) mass is 385 g/mol. The Morgan fingerprint density at radius 2 is 1.93 bits per heavy atom. The summed E-state index contributed by atoms with van der Waals surface area (Å²) in [6.45, 7) is 1.97. The Balaban J connectivity index is 1.97. The average molecular weight is 385 g/mol. The number of amides is 1. The Morgan fingerprint density at radius 1 is 1.10 bits per heavy atom. The number of primary amides is 1. The van der Waals surface area contributed by atoms with Crippen LogP contribution in [0.4, 0.5) is 11.5 Å². The molecular formula is C22H19N5O2. The van der Waals surface area contributed by atoms with Gasteiger partial charge in [0.15, 0.2) is 5.82 Å². The van der Waals surface area contributed by atoms with E-state index in [0.29, 0.717) is 34.2 Å². The molecule has 4 rings (SSSR count). The van der Waals surface area contributed by atoms with E-state index in [-0.39, 0.29) is 0 Å². The Kier molecular flexibility index (Phi) is 4.78. The number of methoxy groups -OCH3 is 1. The lowest BCUT2D eigenvalue weighted by Gasteiger charge is -2.15. The van der Waals surface area contributed by atoms with E-state index in [9.17, 15) is 4.79 Å². The second-order valence-electron chi connectivity index (χ2n) is 6.54. The van der Waals surface area contributed by atoms with Crippen LogP contribution in [-0.4, -0.2) is 28.0 Å². The summed E-state index contributed by atoms with van der Waals surface area (Å²) in [5, 5.41) is 4.03. The van der Waals surface area contributed by atoms with Crippen molar-refractivity contribution in [3.8, 4) is 17.1 Å². The van der Waals surface area contributed by atoms with Gasteiger partial charge in [0.1, 0.15) is 17.1 Å². The number of hydrogen-bond donors (Lipinski definition) is 2. The molecule has 2 heterocycles. The summed E-state index contributed by atoms with van der Waals surface area (Å²) < 4.78 is 5.56. The SMILES string of the molecule is COc1cc(C)cc2c(Nc3ccccc3C(N)=O)nc(-c3cccnc3)nc12. The van der Waals surface area contributed by atoms with Gasteiger partial charge in [-0.3, -0.25) is 9.78 Å². The summed E-state index contributed by atoms with van der Waals surface area (Å²) in [7, 11) is 1.61. The van der Waals surface area contributed by atoms with Crippen molar-refractivity contribution in [3.63, 3.8) is 0 Å². The number of nitrogens with two attached hydrogens (primary N) is 1. The molecule has 1 amide bonds. The van der Waals surface area contributed by atoms with Crippen LogP contribution in [0.1, 0.15) is 15.9 Å². The summed E-state index contributed by atoms with van der Waals surface area (Å²) in [6.07, 6.45) is 3.39. The molecule has 0 fully saturated rings. The summed E-state index contributed by atoms with van der Waals surface area (Å²) in [6, 6.07) is 14.6. The molecule has 0 unspecified atom stereocenters. The van der Waals surface area contributed by atoms with Crippen LogP contribution in [0.3, 0.4) is 0 Å². The van der Waals surface area contributed by atoms with Crippen molar-refractivity contribution in [3.05, 3.63) is 72.1 Å². The van der Waals surface area contributed by atoms with E-state index in [4.69, 9.17) is 20.4 Å². The summed E-state index contributed by atoms with van der Waals surface area (Å²) >= 11 is 0. The number of nitrogens with one attached hydrogen (secondary N) is 1. The molecular weight excluding hydrogens is 366 g/mol. The zero-order valence-electron chi connectivity index (χ0n) is 16.0. The van der Waals surface area contributed by atoms with Crippen LogP contribution in [-0.2, 0) is 0 Å². The molecule has 0 aliphatic heterocycles. The standard InChI is InChI=1S/C22H19N5O2/c1-13-10-16-19(18(11-13)29-2)26-21(14-6-5-9-24-12-14)27-22(16)25-17-8-4-3-7-15(17)20(23)28/h3-12H,1-2H3,(H2,23,28)(H,25,26,27). The van der Waals surface area contributed by atoms with Crippen molar-refractivity contribution in [1.29, 1.82) is 0 Å². The first-order chi connectivity index (χ1) is 14.1. The van der Waals surface area contributed by atoms with Crippen LogP contribution in [0.2, 0.25) is 0 Å². The number of pyridine rings is 1. The number of aryl methyl sites for hydroxylation is 1. The van der Waals surface area contributed by atoms with Crippen LogP contribution >= 0.6 is 0 Å². The van der Waals surface area contributed by atoms with Gasteiger partial charge in [-0.1, -0.05) is 12.1 Å². The third kappa shape index (κ3) is 3.58. The lowest BCUT2D eigenvalue weighted by Crippen LogP contribution is -2.13. The van der Waals surface area contributed by atoms with Gasteiger partial charge >= 0.3 is 0 Å². The van der Waals surface area contributed by atoms with E-state index in [2.05, 4.69) is 10.3 Å². The fraction of sp³-hybridized carbons (Fsp3) is 0.0909. The van der Waals surface area contributed by atoms with E-state index >= 15 is 0 Å². The van der Waals surface area contributed by atoms with Gasteiger partial charge in [-0.2, -0.15) is 0 Å². The van der Waals surface area contributed by atoms with Crippen molar-refractivity contribution >= 4 is 28.3 Å². The molecule has 144 valence electrons. The second-order valence-corrected chi connectivity index (χ2v) is 6.54. The number of hydrogen-bond acceptors (Lipinski definition) is 6. The fourth-order valence-electron chi connectivity index (χ4n) is 3.15. The zero-order chi connectivity index (χ0) is 20.4. The van der Waals surface area contributed by atoms with Crippen LogP contribution in [0.5, 0.6) is 5.75 Å². The predicted octanol–water partition coefficient (Wildman–Crippen LogP) is 3.85. The van der Waals surface area contributed by atoms with Gasteiger partial charge in [-0.25, -0.2) is 9.97 Å². The third-order valence-corrected chi connectivity index (χ3v) is 4.50. The first kappa shape index (κ1) is 18.4. The maximum absolute atomic E-state index is 11.8. The predicted molar refractivity (Wildman–Crippen MR) is 112 cm³/mol. The number of carbonyl (C=O) groups is 1. The summed E-state index contributed by atoms with van der Waals surface area (Å²) in [5.74, 6) is 1.16. The molecule has 0 radical (unpaired) electrons. The van der Waals surface area contributed by atoms with E-state index < -0.39 is 5.91 Å². The number of aromatic nitrogens is 3. The molecule has 29 heavy (non-hydrogen) atoms. The van der Waals surface area contributed by atoms with E-state index in [1.165, 1.54) is 0 Å². The molecule has 0 spiro atoms. The molecule has 0 aliphatic rings. The van der Waals surface area contributed by atoms with Gasteiger partial charge in [0.25, 0.3) is 5.91 Å². The summed E-state index contributed by atoms with van der Waals surface area (Å²) in [5.41, 5.74) is 8.90. The second kappa shape index (κ2) is 7.55. The van der Waals surface area contributed by atoms with Gasteiger partial charge in [0.2, 0.25) is 0 Å². The number of fused-ring (bicyclic) bond motifs is 1. The Labute approximate surface area is 167 Å². The smallest absolute Gasteiger partial charge is 0.250 e.